The lowest BCUT2D eigenvalue weighted by molar-refractivity contribution is -0.0653. The molecule has 0 aromatic carbocycles. The quantitative estimate of drug-likeness (QED) is 0.858. The summed E-state index contributed by atoms with van der Waals surface area (Å²) in [5, 5.41) is 4.84. The highest BCUT2D eigenvalue weighted by atomic mass is 32.1. The van der Waals surface area contributed by atoms with E-state index in [0.29, 0.717) is 13.2 Å². The van der Waals surface area contributed by atoms with Crippen molar-refractivity contribution in [2.45, 2.75) is 25.0 Å². The number of carbonyl (C=O) groups excluding carboxylic acids is 1. The number of morpholine rings is 1. The van der Waals surface area contributed by atoms with Crippen molar-refractivity contribution in [3.8, 4) is 0 Å². The number of rotatable bonds is 4. The van der Waals surface area contributed by atoms with Crippen LogP contribution < -0.4 is 5.32 Å². The lowest BCUT2D eigenvalue weighted by Crippen LogP contribution is -2.50. The van der Waals surface area contributed by atoms with E-state index < -0.39 is 25.1 Å². The summed E-state index contributed by atoms with van der Waals surface area (Å²) in [4.78, 5) is 17.0. The molecule has 0 saturated carbocycles. The number of amides is 2. The number of thiophene rings is 1. The summed E-state index contributed by atoms with van der Waals surface area (Å²) in [6.07, 6.45) is 0.128. The Bertz CT molecular complexity index is 588. The zero-order valence-corrected chi connectivity index (χ0v) is 15.6. The summed E-state index contributed by atoms with van der Waals surface area (Å²) in [5.41, 5.74) is 0. The number of hydrogen-bond donors (Lipinski definition) is 1. The molecule has 9 heteroatoms. The highest BCUT2D eigenvalue weighted by Gasteiger charge is 2.36. The minimum Gasteiger partial charge on any atom is -0.376 e. The Morgan fingerprint density at radius 3 is 3.04 bits per heavy atom. The van der Waals surface area contributed by atoms with E-state index >= 15 is 0 Å². The Kier molecular flexibility index (Phi) is 6.44. The molecular weight excluding hydrogens is 364 g/mol. The molecule has 1 N–H and O–H groups in total. The van der Waals surface area contributed by atoms with Crippen LogP contribution in [0.5, 0.6) is 0 Å². The first-order valence-corrected chi connectivity index (χ1v) is 9.70. The van der Waals surface area contributed by atoms with Gasteiger partial charge < -0.3 is 19.7 Å². The largest absolute Gasteiger partial charge is 0.376 e. The van der Waals surface area contributed by atoms with Crippen LogP contribution in [0.3, 0.4) is 0 Å². The maximum atomic E-state index is 13.7. The molecule has 2 saturated heterocycles. The van der Waals surface area contributed by atoms with Gasteiger partial charge in [-0.25, -0.2) is 13.6 Å². The SMILES string of the molecule is CC1CN(C(CNC(=O)N2CCOCC(F)(F)C2)c2cccs2)CCO1. The average Bonchev–Trinajstić information content (AvgIpc) is 3.05. The molecule has 2 aliphatic heterocycles. The van der Waals surface area contributed by atoms with Crippen LogP contribution in [0.1, 0.15) is 17.8 Å². The molecule has 0 bridgehead atoms. The van der Waals surface area contributed by atoms with Gasteiger partial charge in [0.05, 0.1) is 31.9 Å². The standard InChI is InChI=1S/C17H25F2N3O3S/c1-13-10-21(5-7-25-13)14(15-3-2-8-26-15)9-20-16(23)22-4-6-24-12-17(18,19)11-22/h2-3,8,13-14H,4-7,9-12H2,1H3,(H,20,23). The fraction of sp³-hybridized carbons (Fsp3) is 0.706. The predicted octanol–water partition coefficient (Wildman–Crippen LogP) is 2.19. The van der Waals surface area contributed by atoms with Crippen LogP contribution in [-0.4, -0.2) is 80.4 Å². The third-order valence-corrected chi connectivity index (χ3v) is 5.53. The van der Waals surface area contributed by atoms with Gasteiger partial charge >= 0.3 is 6.03 Å². The fourth-order valence-electron chi connectivity index (χ4n) is 3.29. The Morgan fingerprint density at radius 2 is 2.31 bits per heavy atom. The van der Waals surface area contributed by atoms with Crippen molar-refractivity contribution in [1.82, 2.24) is 15.1 Å². The van der Waals surface area contributed by atoms with Crippen LogP contribution in [0.4, 0.5) is 13.6 Å². The van der Waals surface area contributed by atoms with Crippen molar-refractivity contribution < 1.29 is 23.0 Å². The third kappa shape index (κ3) is 5.12. The van der Waals surface area contributed by atoms with E-state index in [9.17, 15) is 13.6 Å². The zero-order chi connectivity index (χ0) is 18.6. The van der Waals surface area contributed by atoms with E-state index in [1.165, 1.54) is 0 Å². The Balaban J connectivity index is 1.63. The highest BCUT2D eigenvalue weighted by Crippen LogP contribution is 2.26. The van der Waals surface area contributed by atoms with Crippen LogP contribution in [-0.2, 0) is 9.47 Å². The van der Waals surface area contributed by atoms with Gasteiger partial charge in [0, 0.05) is 31.1 Å². The molecule has 2 aliphatic rings. The van der Waals surface area contributed by atoms with Crippen LogP contribution in [0.25, 0.3) is 0 Å². The van der Waals surface area contributed by atoms with Gasteiger partial charge in [-0.2, -0.15) is 0 Å². The number of nitrogens with zero attached hydrogens (tertiary/aromatic N) is 2. The van der Waals surface area contributed by atoms with E-state index in [-0.39, 0.29) is 25.3 Å². The Labute approximate surface area is 156 Å². The number of alkyl halides is 2. The van der Waals surface area contributed by atoms with Crippen molar-refractivity contribution in [2.75, 3.05) is 52.5 Å². The number of urea groups is 1. The molecule has 2 amide bonds. The van der Waals surface area contributed by atoms with Gasteiger partial charge in [0.2, 0.25) is 0 Å². The van der Waals surface area contributed by atoms with Crippen molar-refractivity contribution in [3.63, 3.8) is 0 Å². The van der Waals surface area contributed by atoms with E-state index in [1.807, 2.05) is 24.4 Å². The fourth-order valence-corrected chi connectivity index (χ4v) is 4.15. The average molecular weight is 389 g/mol. The number of nitrogens with one attached hydrogen (secondary N) is 1. The topological polar surface area (TPSA) is 54.0 Å². The lowest BCUT2D eigenvalue weighted by Gasteiger charge is -2.37. The molecule has 2 unspecified atom stereocenters. The normalized spacial score (nSPS) is 25.5. The Morgan fingerprint density at radius 1 is 1.46 bits per heavy atom. The molecule has 2 atom stereocenters. The van der Waals surface area contributed by atoms with E-state index in [1.54, 1.807) is 11.3 Å². The van der Waals surface area contributed by atoms with E-state index in [4.69, 9.17) is 9.47 Å². The monoisotopic (exact) mass is 389 g/mol. The van der Waals surface area contributed by atoms with Gasteiger partial charge in [-0.15, -0.1) is 11.3 Å². The molecule has 1 aromatic rings. The molecule has 6 nitrogen and oxygen atoms in total. The first kappa shape index (κ1) is 19.5. The summed E-state index contributed by atoms with van der Waals surface area (Å²) in [5.74, 6) is -3.01. The van der Waals surface area contributed by atoms with Crippen LogP contribution in [0, 0.1) is 0 Å². The molecule has 3 rings (SSSR count). The van der Waals surface area contributed by atoms with Gasteiger partial charge in [-0.3, -0.25) is 4.90 Å². The second kappa shape index (κ2) is 8.60. The minimum absolute atomic E-state index is 0.00837. The smallest absolute Gasteiger partial charge is 0.317 e. The molecule has 0 aliphatic carbocycles. The molecule has 0 spiro atoms. The number of carbonyl (C=O) groups is 1. The molecule has 1 aromatic heterocycles. The lowest BCUT2D eigenvalue weighted by atomic mass is 10.1. The predicted molar refractivity (Wildman–Crippen MR) is 94.8 cm³/mol. The molecule has 146 valence electrons. The summed E-state index contributed by atoms with van der Waals surface area (Å²) >= 11 is 1.63. The van der Waals surface area contributed by atoms with E-state index in [0.717, 1.165) is 22.9 Å². The molecule has 3 heterocycles. The van der Waals surface area contributed by atoms with Gasteiger partial charge in [0.15, 0.2) is 0 Å². The van der Waals surface area contributed by atoms with Crippen LogP contribution in [0.2, 0.25) is 0 Å². The maximum absolute atomic E-state index is 13.7. The van der Waals surface area contributed by atoms with Crippen molar-refractivity contribution in [3.05, 3.63) is 22.4 Å². The molecule has 0 radical (unpaired) electrons. The summed E-state index contributed by atoms with van der Waals surface area (Å²) in [6, 6.07) is 3.55. The van der Waals surface area contributed by atoms with Crippen LogP contribution in [0.15, 0.2) is 17.5 Å². The number of hydrogen-bond acceptors (Lipinski definition) is 5. The van der Waals surface area contributed by atoms with Gasteiger partial charge in [-0.05, 0) is 18.4 Å². The maximum Gasteiger partial charge on any atom is 0.317 e. The van der Waals surface area contributed by atoms with Crippen molar-refractivity contribution >= 4 is 17.4 Å². The zero-order valence-electron chi connectivity index (χ0n) is 14.8. The second-order valence-electron chi connectivity index (χ2n) is 6.72. The minimum atomic E-state index is -3.01. The van der Waals surface area contributed by atoms with Gasteiger partial charge in [-0.1, -0.05) is 6.07 Å². The number of ether oxygens (including phenoxy) is 2. The van der Waals surface area contributed by atoms with Gasteiger partial charge in [0.1, 0.15) is 6.61 Å². The molecule has 2 fully saturated rings. The summed E-state index contributed by atoms with van der Waals surface area (Å²) in [7, 11) is 0. The van der Waals surface area contributed by atoms with Crippen molar-refractivity contribution in [2.24, 2.45) is 0 Å². The molecule has 26 heavy (non-hydrogen) atoms. The second-order valence-corrected chi connectivity index (χ2v) is 7.70. The number of halogens is 2. The Hall–Kier alpha value is -1.29. The van der Waals surface area contributed by atoms with Crippen molar-refractivity contribution in [1.29, 1.82) is 0 Å². The van der Waals surface area contributed by atoms with Gasteiger partial charge in [0.25, 0.3) is 5.92 Å². The molecular formula is C17H25F2N3O3S. The summed E-state index contributed by atoms with van der Waals surface area (Å²) < 4.78 is 37.8. The first-order valence-electron chi connectivity index (χ1n) is 8.82. The van der Waals surface area contributed by atoms with Crippen LogP contribution >= 0.6 is 11.3 Å². The highest BCUT2D eigenvalue weighted by molar-refractivity contribution is 7.10. The first-order chi connectivity index (χ1) is 12.4. The van der Waals surface area contributed by atoms with E-state index in [2.05, 4.69) is 10.2 Å². The third-order valence-electron chi connectivity index (χ3n) is 4.56. The summed E-state index contributed by atoms with van der Waals surface area (Å²) in [6.45, 7) is 3.62.